The van der Waals surface area contributed by atoms with E-state index in [0.717, 1.165) is 11.6 Å². The highest BCUT2D eigenvalue weighted by Gasteiger charge is 2.08. The van der Waals surface area contributed by atoms with E-state index in [1.807, 2.05) is 0 Å². The molecule has 106 valence electrons. The third kappa shape index (κ3) is 3.17. The first-order valence-corrected chi connectivity index (χ1v) is 6.04. The molecule has 2 aromatic carbocycles. The fourth-order valence-electron chi connectivity index (χ4n) is 1.81. The average molecular weight is 279 g/mol. The monoisotopic (exact) mass is 279 g/mol. The minimum atomic E-state index is -0.887. The van der Waals surface area contributed by atoms with E-state index in [1.54, 1.807) is 32.4 Å². The molecule has 1 N–H and O–H groups in total. The zero-order valence-corrected chi connectivity index (χ0v) is 11.2. The van der Waals surface area contributed by atoms with E-state index in [1.165, 1.54) is 12.1 Å². The van der Waals surface area contributed by atoms with Crippen LogP contribution in [0.1, 0.15) is 5.56 Å². The lowest BCUT2D eigenvalue weighted by atomic mass is 10.2. The summed E-state index contributed by atoms with van der Waals surface area (Å²) in [5.41, 5.74) is 0.955. The molecule has 0 saturated carbocycles. The highest BCUT2D eigenvalue weighted by molar-refractivity contribution is 5.47. The van der Waals surface area contributed by atoms with Crippen LogP contribution in [0.25, 0.3) is 0 Å². The highest BCUT2D eigenvalue weighted by atomic mass is 19.2. The molecule has 0 radical (unpaired) electrons. The third-order valence-electron chi connectivity index (χ3n) is 2.85. The number of nitrogens with one attached hydrogen (secondary N) is 1. The Morgan fingerprint density at radius 1 is 1.00 bits per heavy atom. The lowest BCUT2D eigenvalue weighted by molar-refractivity contribution is 0.393. The Morgan fingerprint density at radius 3 is 2.25 bits per heavy atom. The molecule has 3 nitrogen and oxygen atoms in total. The number of halogens is 2. The number of rotatable bonds is 5. The summed E-state index contributed by atoms with van der Waals surface area (Å²) in [7, 11) is 3.11. The lowest BCUT2D eigenvalue weighted by Crippen LogP contribution is -2.03. The van der Waals surface area contributed by atoms with Gasteiger partial charge in [0, 0.05) is 12.6 Å². The molecule has 0 atom stereocenters. The number of hydrogen-bond acceptors (Lipinski definition) is 3. The maximum atomic E-state index is 13.5. The summed E-state index contributed by atoms with van der Waals surface area (Å²) in [5.74, 6) is -0.484. The molecule has 0 spiro atoms. The van der Waals surface area contributed by atoms with E-state index < -0.39 is 11.6 Å². The Balaban J connectivity index is 2.16. The third-order valence-corrected chi connectivity index (χ3v) is 2.85. The Kier molecular flexibility index (Phi) is 4.40. The van der Waals surface area contributed by atoms with E-state index in [0.29, 0.717) is 18.0 Å². The summed E-state index contributed by atoms with van der Waals surface area (Å²) < 4.78 is 36.9. The smallest absolute Gasteiger partial charge is 0.181 e. The normalized spacial score (nSPS) is 10.2. The number of anilines is 1. The molecule has 0 aliphatic rings. The van der Waals surface area contributed by atoms with E-state index in [9.17, 15) is 8.78 Å². The summed E-state index contributed by atoms with van der Waals surface area (Å²) in [5, 5.41) is 2.85. The van der Waals surface area contributed by atoms with Crippen molar-refractivity contribution in [3.05, 3.63) is 53.6 Å². The molecule has 0 heterocycles. The maximum absolute atomic E-state index is 13.5. The summed E-state index contributed by atoms with van der Waals surface area (Å²) in [4.78, 5) is 0. The quantitative estimate of drug-likeness (QED) is 0.907. The van der Waals surface area contributed by atoms with Crippen LogP contribution in [0.15, 0.2) is 36.4 Å². The lowest BCUT2D eigenvalue weighted by Gasteiger charge is -2.11. The van der Waals surface area contributed by atoms with Crippen LogP contribution in [0.3, 0.4) is 0 Å². The molecular weight excluding hydrogens is 264 g/mol. The van der Waals surface area contributed by atoms with E-state index in [2.05, 4.69) is 5.32 Å². The molecule has 0 aromatic heterocycles. The van der Waals surface area contributed by atoms with E-state index in [4.69, 9.17) is 9.47 Å². The van der Waals surface area contributed by atoms with Crippen molar-refractivity contribution in [2.75, 3.05) is 19.5 Å². The maximum Gasteiger partial charge on any atom is 0.181 e. The van der Waals surface area contributed by atoms with Gasteiger partial charge in [0.1, 0.15) is 11.5 Å². The Morgan fingerprint density at radius 2 is 1.65 bits per heavy atom. The van der Waals surface area contributed by atoms with Crippen LogP contribution in [0.4, 0.5) is 14.5 Å². The van der Waals surface area contributed by atoms with Crippen molar-refractivity contribution < 1.29 is 18.3 Å². The van der Waals surface area contributed by atoms with E-state index >= 15 is 0 Å². The summed E-state index contributed by atoms with van der Waals surface area (Å²) in [6.07, 6.45) is 0. The number of methoxy groups -OCH3 is 2. The molecule has 0 saturated heterocycles. The zero-order valence-electron chi connectivity index (χ0n) is 11.2. The Bertz CT molecular complexity index is 580. The van der Waals surface area contributed by atoms with Gasteiger partial charge in [0.05, 0.1) is 19.9 Å². The van der Waals surface area contributed by atoms with Gasteiger partial charge in [-0.3, -0.25) is 0 Å². The van der Waals surface area contributed by atoms with Crippen molar-refractivity contribution >= 4 is 5.69 Å². The SMILES string of the molecule is COc1cc(CNc2cccc(F)c2F)cc(OC)c1. The molecule has 2 rings (SSSR count). The van der Waals surface area contributed by atoms with Crippen molar-refractivity contribution in [2.24, 2.45) is 0 Å². The van der Waals surface area contributed by atoms with Gasteiger partial charge in [0.2, 0.25) is 0 Å². The summed E-state index contributed by atoms with van der Waals surface area (Å²) in [6, 6.07) is 9.35. The fraction of sp³-hybridized carbons (Fsp3) is 0.200. The first kappa shape index (κ1) is 14.1. The topological polar surface area (TPSA) is 30.5 Å². The van der Waals surface area contributed by atoms with Gasteiger partial charge in [-0.1, -0.05) is 6.07 Å². The van der Waals surface area contributed by atoms with Crippen LogP contribution in [0, 0.1) is 11.6 Å². The number of ether oxygens (including phenoxy) is 2. The van der Waals surface area contributed by atoms with Crippen LogP contribution in [-0.4, -0.2) is 14.2 Å². The predicted molar refractivity (Wildman–Crippen MR) is 73.2 cm³/mol. The second-order valence-electron chi connectivity index (χ2n) is 4.18. The standard InChI is InChI=1S/C15H15F2NO2/c1-19-11-6-10(7-12(8-11)20-2)9-18-14-5-3-4-13(16)15(14)17/h3-8,18H,9H2,1-2H3. The van der Waals surface area contributed by atoms with Crippen molar-refractivity contribution in [2.45, 2.75) is 6.54 Å². The van der Waals surface area contributed by atoms with Gasteiger partial charge in [-0.25, -0.2) is 8.78 Å². The van der Waals surface area contributed by atoms with Gasteiger partial charge in [0.25, 0.3) is 0 Å². The van der Waals surface area contributed by atoms with Gasteiger partial charge in [-0.15, -0.1) is 0 Å². The molecule has 0 aliphatic heterocycles. The fourth-order valence-corrected chi connectivity index (χ4v) is 1.81. The summed E-state index contributed by atoms with van der Waals surface area (Å²) in [6.45, 7) is 0.327. The molecule has 20 heavy (non-hydrogen) atoms. The van der Waals surface area contributed by atoms with Gasteiger partial charge >= 0.3 is 0 Å². The molecule has 0 aliphatic carbocycles. The molecule has 0 unspecified atom stereocenters. The zero-order chi connectivity index (χ0) is 14.5. The molecule has 5 heteroatoms. The average Bonchev–Trinajstić information content (AvgIpc) is 2.48. The van der Waals surface area contributed by atoms with Crippen LogP contribution >= 0.6 is 0 Å². The summed E-state index contributed by atoms with van der Waals surface area (Å²) >= 11 is 0. The minimum absolute atomic E-state index is 0.117. The van der Waals surface area contributed by atoms with Crippen molar-refractivity contribution in [1.82, 2.24) is 0 Å². The molecular formula is C15H15F2NO2. The molecule has 0 fully saturated rings. The largest absolute Gasteiger partial charge is 0.497 e. The molecule has 2 aromatic rings. The van der Waals surface area contributed by atoms with Crippen molar-refractivity contribution in [3.63, 3.8) is 0 Å². The first-order chi connectivity index (χ1) is 9.63. The van der Waals surface area contributed by atoms with Crippen LogP contribution in [0.5, 0.6) is 11.5 Å². The van der Waals surface area contributed by atoms with Crippen LogP contribution < -0.4 is 14.8 Å². The first-order valence-electron chi connectivity index (χ1n) is 6.04. The predicted octanol–water partition coefficient (Wildman–Crippen LogP) is 3.59. The van der Waals surface area contributed by atoms with Crippen LogP contribution in [-0.2, 0) is 6.54 Å². The van der Waals surface area contributed by atoms with Crippen LogP contribution in [0.2, 0.25) is 0 Å². The van der Waals surface area contributed by atoms with Gasteiger partial charge in [0.15, 0.2) is 11.6 Å². The minimum Gasteiger partial charge on any atom is -0.497 e. The highest BCUT2D eigenvalue weighted by Crippen LogP contribution is 2.24. The van der Waals surface area contributed by atoms with Gasteiger partial charge in [-0.2, -0.15) is 0 Å². The van der Waals surface area contributed by atoms with Gasteiger partial charge < -0.3 is 14.8 Å². The second kappa shape index (κ2) is 6.23. The van der Waals surface area contributed by atoms with Gasteiger partial charge in [-0.05, 0) is 29.8 Å². The van der Waals surface area contributed by atoms with Crippen molar-refractivity contribution in [1.29, 1.82) is 0 Å². The number of hydrogen-bond donors (Lipinski definition) is 1. The Hall–Kier alpha value is -2.30. The second-order valence-corrected chi connectivity index (χ2v) is 4.18. The molecule has 0 bridgehead atoms. The van der Waals surface area contributed by atoms with Crippen molar-refractivity contribution in [3.8, 4) is 11.5 Å². The Labute approximate surface area is 116 Å². The molecule has 0 amide bonds. The van der Waals surface area contributed by atoms with E-state index in [-0.39, 0.29) is 5.69 Å². The number of benzene rings is 2.